The Morgan fingerprint density at radius 3 is 2.31 bits per heavy atom. The molecule has 0 aliphatic carbocycles. The maximum Gasteiger partial charge on any atom is 0.150 e. The summed E-state index contributed by atoms with van der Waals surface area (Å²) in [6.45, 7) is 7.65. The highest BCUT2D eigenvalue weighted by molar-refractivity contribution is 7.91. The Kier molecular flexibility index (Phi) is 5.25. The smallest absolute Gasteiger partial charge is 0.150 e. The Hall–Kier alpha value is -0.0900. The van der Waals surface area contributed by atoms with Crippen LogP contribution in [0.1, 0.15) is 40.0 Å². The van der Waals surface area contributed by atoms with Gasteiger partial charge in [-0.25, -0.2) is 8.42 Å². The van der Waals surface area contributed by atoms with Crippen LogP contribution in [0.5, 0.6) is 0 Å². The van der Waals surface area contributed by atoms with Crippen LogP contribution in [0.25, 0.3) is 0 Å². The molecule has 1 fully saturated rings. The van der Waals surface area contributed by atoms with Crippen molar-refractivity contribution in [1.29, 1.82) is 0 Å². The number of sulfone groups is 1. The van der Waals surface area contributed by atoms with Gasteiger partial charge < -0.3 is 5.32 Å². The fraction of sp³-hybridized carbons (Fsp3) is 1.00. The first-order valence-corrected chi connectivity index (χ1v) is 8.20. The van der Waals surface area contributed by atoms with Crippen molar-refractivity contribution in [3.8, 4) is 0 Å². The Morgan fingerprint density at radius 2 is 1.81 bits per heavy atom. The molecule has 4 heteroatoms. The van der Waals surface area contributed by atoms with E-state index in [2.05, 4.69) is 26.1 Å². The minimum atomic E-state index is -2.70. The van der Waals surface area contributed by atoms with Crippen LogP contribution in [0.4, 0.5) is 0 Å². The van der Waals surface area contributed by atoms with Crippen molar-refractivity contribution in [2.24, 2.45) is 11.8 Å². The highest BCUT2D eigenvalue weighted by atomic mass is 32.2. The van der Waals surface area contributed by atoms with E-state index in [-0.39, 0.29) is 0 Å². The van der Waals surface area contributed by atoms with E-state index in [1.54, 1.807) is 0 Å². The van der Waals surface area contributed by atoms with E-state index in [0.717, 1.165) is 19.4 Å². The molecule has 0 saturated carbocycles. The maximum atomic E-state index is 11.3. The lowest BCUT2D eigenvalue weighted by Gasteiger charge is -2.26. The summed E-state index contributed by atoms with van der Waals surface area (Å²) in [5, 5.41) is 3.54. The molecular weight excluding hydrogens is 222 g/mol. The molecule has 1 N–H and O–H groups in total. The molecule has 2 unspecified atom stereocenters. The molecule has 0 aromatic rings. The van der Waals surface area contributed by atoms with Crippen molar-refractivity contribution in [3.63, 3.8) is 0 Å². The highest BCUT2D eigenvalue weighted by Crippen LogP contribution is 2.18. The largest absolute Gasteiger partial charge is 0.314 e. The summed E-state index contributed by atoms with van der Waals surface area (Å²) < 4.78 is 22.5. The first kappa shape index (κ1) is 14.0. The quantitative estimate of drug-likeness (QED) is 0.806. The molecule has 0 bridgehead atoms. The van der Waals surface area contributed by atoms with Gasteiger partial charge in [-0.05, 0) is 38.1 Å². The molecule has 1 aliphatic heterocycles. The monoisotopic (exact) mass is 247 g/mol. The Balaban J connectivity index is 2.25. The van der Waals surface area contributed by atoms with Gasteiger partial charge in [0.1, 0.15) is 9.84 Å². The van der Waals surface area contributed by atoms with Gasteiger partial charge in [-0.1, -0.05) is 20.3 Å². The summed E-state index contributed by atoms with van der Waals surface area (Å²) in [6.07, 6.45) is 2.86. The predicted molar refractivity (Wildman–Crippen MR) is 68.3 cm³/mol. The van der Waals surface area contributed by atoms with Crippen LogP contribution in [-0.2, 0) is 9.84 Å². The van der Waals surface area contributed by atoms with Gasteiger partial charge in [0, 0.05) is 6.04 Å². The topological polar surface area (TPSA) is 46.2 Å². The van der Waals surface area contributed by atoms with Crippen LogP contribution in [0, 0.1) is 11.8 Å². The molecule has 3 nitrogen and oxygen atoms in total. The molecular formula is C12H25NO2S. The van der Waals surface area contributed by atoms with Crippen LogP contribution < -0.4 is 5.32 Å². The molecule has 0 aromatic carbocycles. The van der Waals surface area contributed by atoms with Gasteiger partial charge in [-0.3, -0.25) is 0 Å². The zero-order valence-corrected chi connectivity index (χ0v) is 11.5. The third-order valence-corrected chi connectivity index (χ3v) is 5.62. The number of nitrogens with one attached hydrogen (secondary N) is 1. The van der Waals surface area contributed by atoms with Crippen molar-refractivity contribution in [1.82, 2.24) is 5.32 Å². The van der Waals surface area contributed by atoms with Gasteiger partial charge in [0.2, 0.25) is 0 Å². The lowest BCUT2D eigenvalue weighted by atomic mass is 9.98. The van der Waals surface area contributed by atoms with Crippen molar-refractivity contribution in [2.75, 3.05) is 18.1 Å². The molecule has 1 rings (SSSR count). The van der Waals surface area contributed by atoms with Crippen LogP contribution >= 0.6 is 0 Å². The van der Waals surface area contributed by atoms with Gasteiger partial charge >= 0.3 is 0 Å². The second-order valence-electron chi connectivity index (χ2n) is 5.18. The first-order valence-electron chi connectivity index (χ1n) is 6.38. The Morgan fingerprint density at radius 1 is 1.25 bits per heavy atom. The molecule has 1 saturated heterocycles. The van der Waals surface area contributed by atoms with Gasteiger partial charge in [-0.2, -0.15) is 0 Å². The van der Waals surface area contributed by atoms with Crippen LogP contribution in [0.3, 0.4) is 0 Å². The summed E-state index contributed by atoms with van der Waals surface area (Å²) in [5.74, 6) is 2.01. The number of rotatable bonds is 5. The van der Waals surface area contributed by atoms with Crippen molar-refractivity contribution in [2.45, 2.75) is 46.1 Å². The summed E-state index contributed by atoms with van der Waals surface area (Å²) >= 11 is 0. The average molecular weight is 247 g/mol. The van der Waals surface area contributed by atoms with Crippen LogP contribution in [-0.4, -0.2) is 32.5 Å². The minimum Gasteiger partial charge on any atom is -0.314 e. The lowest BCUT2D eigenvalue weighted by molar-refractivity contribution is 0.345. The maximum absolute atomic E-state index is 11.3. The van der Waals surface area contributed by atoms with E-state index in [4.69, 9.17) is 0 Å². The summed E-state index contributed by atoms with van der Waals surface area (Å²) in [7, 11) is -2.70. The molecule has 0 radical (unpaired) electrons. The SMILES string of the molecule is CCC(C)C(C)NCC1CCS(=O)(=O)CC1. The Bertz CT molecular complexity index is 286. The normalized spacial score (nSPS) is 25.2. The standard InChI is InChI=1S/C12H25NO2S/c1-4-10(2)11(3)13-9-12-5-7-16(14,15)8-6-12/h10-13H,4-9H2,1-3H3. The van der Waals surface area contributed by atoms with E-state index in [0.29, 0.717) is 29.4 Å². The third kappa shape index (κ3) is 4.42. The van der Waals surface area contributed by atoms with Gasteiger partial charge in [0.25, 0.3) is 0 Å². The fourth-order valence-corrected chi connectivity index (χ4v) is 3.64. The molecule has 1 aliphatic rings. The molecule has 0 spiro atoms. The van der Waals surface area contributed by atoms with Crippen LogP contribution in [0.15, 0.2) is 0 Å². The number of hydrogen-bond acceptors (Lipinski definition) is 3. The minimum absolute atomic E-state index is 0.386. The summed E-state index contributed by atoms with van der Waals surface area (Å²) in [6, 6.07) is 0.531. The summed E-state index contributed by atoms with van der Waals surface area (Å²) in [4.78, 5) is 0. The fourth-order valence-electron chi connectivity index (χ4n) is 2.05. The van der Waals surface area contributed by atoms with Gasteiger partial charge in [0.15, 0.2) is 0 Å². The number of hydrogen-bond donors (Lipinski definition) is 1. The second kappa shape index (κ2) is 6.01. The van der Waals surface area contributed by atoms with E-state index >= 15 is 0 Å². The second-order valence-corrected chi connectivity index (χ2v) is 7.48. The lowest BCUT2D eigenvalue weighted by Crippen LogP contribution is -2.38. The van der Waals surface area contributed by atoms with Crippen LogP contribution in [0.2, 0.25) is 0 Å². The average Bonchev–Trinajstić information content (AvgIpc) is 2.26. The van der Waals surface area contributed by atoms with Gasteiger partial charge in [0.05, 0.1) is 11.5 Å². The zero-order valence-electron chi connectivity index (χ0n) is 10.7. The molecule has 1 heterocycles. The Labute approximate surface area is 99.9 Å². The van der Waals surface area contributed by atoms with E-state index < -0.39 is 9.84 Å². The third-order valence-electron chi connectivity index (χ3n) is 3.90. The predicted octanol–water partition coefficient (Wildman–Crippen LogP) is 1.84. The van der Waals surface area contributed by atoms with Gasteiger partial charge in [-0.15, -0.1) is 0 Å². The highest BCUT2D eigenvalue weighted by Gasteiger charge is 2.23. The molecule has 96 valence electrons. The molecule has 0 aromatic heterocycles. The molecule has 0 amide bonds. The van der Waals surface area contributed by atoms with Crippen molar-refractivity contribution >= 4 is 9.84 Å². The first-order chi connectivity index (χ1) is 7.44. The van der Waals surface area contributed by atoms with Crippen molar-refractivity contribution < 1.29 is 8.42 Å². The zero-order chi connectivity index (χ0) is 12.2. The molecule has 16 heavy (non-hydrogen) atoms. The van der Waals surface area contributed by atoms with E-state index in [1.807, 2.05) is 0 Å². The van der Waals surface area contributed by atoms with Crippen molar-refractivity contribution in [3.05, 3.63) is 0 Å². The van der Waals surface area contributed by atoms with E-state index in [1.165, 1.54) is 6.42 Å². The summed E-state index contributed by atoms with van der Waals surface area (Å²) in [5.41, 5.74) is 0. The van der Waals surface area contributed by atoms with E-state index in [9.17, 15) is 8.42 Å². The molecule has 2 atom stereocenters.